The van der Waals surface area contributed by atoms with E-state index in [4.69, 9.17) is 5.73 Å². The summed E-state index contributed by atoms with van der Waals surface area (Å²) in [6, 6.07) is 3.78. The third-order valence-electron chi connectivity index (χ3n) is 3.78. The fraction of sp³-hybridized carbons (Fsp3) is 0.538. The molecule has 0 amide bonds. The number of hydrogen-bond donors (Lipinski definition) is 1. The Kier molecular flexibility index (Phi) is 2.91. The van der Waals surface area contributed by atoms with Gasteiger partial charge in [-0.2, -0.15) is 0 Å². The van der Waals surface area contributed by atoms with Crippen LogP contribution in [-0.4, -0.2) is 39.1 Å². The molecule has 0 saturated carbocycles. The van der Waals surface area contributed by atoms with Gasteiger partial charge in [-0.25, -0.2) is 0 Å². The molecular formula is C13H19N5. The van der Waals surface area contributed by atoms with E-state index >= 15 is 0 Å². The summed E-state index contributed by atoms with van der Waals surface area (Å²) in [4.78, 5) is 2.49. The molecule has 1 fully saturated rings. The van der Waals surface area contributed by atoms with Crippen molar-refractivity contribution in [2.24, 2.45) is 5.92 Å². The SMILES string of the molecule is CCN1CCC(Cc2nnc3ccc(N)cn23)C1. The second kappa shape index (κ2) is 4.57. The summed E-state index contributed by atoms with van der Waals surface area (Å²) >= 11 is 0. The summed E-state index contributed by atoms with van der Waals surface area (Å²) in [5.41, 5.74) is 7.45. The number of aromatic nitrogens is 3. The molecule has 5 nitrogen and oxygen atoms in total. The summed E-state index contributed by atoms with van der Waals surface area (Å²) < 4.78 is 2.02. The average Bonchev–Trinajstić information content (AvgIpc) is 2.97. The Bertz CT molecular complexity index is 547. The summed E-state index contributed by atoms with van der Waals surface area (Å²) in [6.45, 7) is 5.74. The van der Waals surface area contributed by atoms with Gasteiger partial charge in [-0.15, -0.1) is 10.2 Å². The van der Waals surface area contributed by atoms with Gasteiger partial charge < -0.3 is 10.6 Å². The Morgan fingerprint density at radius 1 is 1.39 bits per heavy atom. The van der Waals surface area contributed by atoms with Crippen molar-refractivity contribution in [2.75, 3.05) is 25.4 Å². The van der Waals surface area contributed by atoms with E-state index in [1.54, 1.807) is 0 Å². The first-order valence-corrected chi connectivity index (χ1v) is 6.57. The van der Waals surface area contributed by atoms with Gasteiger partial charge in [-0.3, -0.25) is 4.40 Å². The smallest absolute Gasteiger partial charge is 0.160 e. The molecule has 2 aromatic rings. The van der Waals surface area contributed by atoms with Crippen molar-refractivity contribution < 1.29 is 0 Å². The van der Waals surface area contributed by atoms with Gasteiger partial charge in [-0.1, -0.05) is 6.92 Å². The number of anilines is 1. The zero-order chi connectivity index (χ0) is 12.5. The van der Waals surface area contributed by atoms with Crippen LogP contribution in [0.5, 0.6) is 0 Å². The molecule has 2 aromatic heterocycles. The van der Waals surface area contributed by atoms with Crippen molar-refractivity contribution >= 4 is 11.3 Å². The average molecular weight is 245 g/mol. The van der Waals surface area contributed by atoms with Crippen molar-refractivity contribution in [3.05, 3.63) is 24.2 Å². The molecule has 0 radical (unpaired) electrons. The van der Waals surface area contributed by atoms with Gasteiger partial charge in [-0.05, 0) is 37.6 Å². The minimum Gasteiger partial charge on any atom is -0.398 e. The van der Waals surface area contributed by atoms with Crippen molar-refractivity contribution in [3.8, 4) is 0 Å². The van der Waals surface area contributed by atoms with Crippen LogP contribution >= 0.6 is 0 Å². The second-order valence-corrected chi connectivity index (χ2v) is 5.06. The normalized spacial score (nSPS) is 20.8. The molecule has 2 N–H and O–H groups in total. The maximum atomic E-state index is 5.82. The fourth-order valence-corrected chi connectivity index (χ4v) is 2.72. The fourth-order valence-electron chi connectivity index (χ4n) is 2.72. The highest BCUT2D eigenvalue weighted by molar-refractivity contribution is 5.47. The van der Waals surface area contributed by atoms with Crippen LogP contribution < -0.4 is 5.73 Å². The molecule has 0 aliphatic carbocycles. The minimum absolute atomic E-state index is 0.693. The van der Waals surface area contributed by atoms with Crippen LogP contribution in [0.25, 0.3) is 5.65 Å². The highest BCUT2D eigenvalue weighted by Gasteiger charge is 2.23. The lowest BCUT2D eigenvalue weighted by atomic mass is 10.0. The molecule has 0 aromatic carbocycles. The molecule has 0 spiro atoms. The third-order valence-corrected chi connectivity index (χ3v) is 3.78. The summed E-state index contributed by atoms with van der Waals surface area (Å²) in [5, 5.41) is 8.47. The Morgan fingerprint density at radius 3 is 3.06 bits per heavy atom. The molecule has 1 aliphatic heterocycles. The second-order valence-electron chi connectivity index (χ2n) is 5.06. The lowest BCUT2D eigenvalue weighted by Crippen LogP contribution is -2.20. The lowest BCUT2D eigenvalue weighted by molar-refractivity contribution is 0.340. The maximum Gasteiger partial charge on any atom is 0.160 e. The molecular weight excluding hydrogens is 226 g/mol. The number of likely N-dealkylation sites (tertiary alicyclic amines) is 1. The van der Waals surface area contributed by atoms with Crippen LogP contribution in [-0.2, 0) is 6.42 Å². The van der Waals surface area contributed by atoms with Gasteiger partial charge in [0.2, 0.25) is 0 Å². The minimum atomic E-state index is 0.693. The highest BCUT2D eigenvalue weighted by Crippen LogP contribution is 2.20. The Balaban J connectivity index is 1.80. The van der Waals surface area contributed by atoms with Crippen LogP contribution in [0.2, 0.25) is 0 Å². The largest absolute Gasteiger partial charge is 0.398 e. The van der Waals surface area contributed by atoms with Gasteiger partial charge in [0, 0.05) is 24.8 Å². The van der Waals surface area contributed by atoms with E-state index < -0.39 is 0 Å². The Labute approximate surface area is 107 Å². The van der Waals surface area contributed by atoms with Gasteiger partial charge in [0.1, 0.15) is 5.82 Å². The molecule has 1 unspecified atom stereocenters. The zero-order valence-corrected chi connectivity index (χ0v) is 10.7. The lowest BCUT2D eigenvalue weighted by Gasteiger charge is -2.12. The third kappa shape index (κ3) is 2.06. The van der Waals surface area contributed by atoms with Crippen LogP contribution in [0, 0.1) is 5.92 Å². The first-order valence-electron chi connectivity index (χ1n) is 6.57. The first-order chi connectivity index (χ1) is 8.76. The number of hydrogen-bond acceptors (Lipinski definition) is 4. The van der Waals surface area contributed by atoms with Crippen LogP contribution in [0.3, 0.4) is 0 Å². The number of pyridine rings is 1. The van der Waals surface area contributed by atoms with Crippen molar-refractivity contribution in [2.45, 2.75) is 19.8 Å². The summed E-state index contributed by atoms with van der Waals surface area (Å²) in [5.74, 6) is 1.72. The number of nitrogens with two attached hydrogens (primary N) is 1. The van der Waals surface area contributed by atoms with E-state index in [-0.39, 0.29) is 0 Å². The van der Waals surface area contributed by atoms with Gasteiger partial charge in [0.05, 0.1) is 0 Å². The predicted octanol–water partition coefficient (Wildman–Crippen LogP) is 1.20. The summed E-state index contributed by atoms with van der Waals surface area (Å²) in [6.07, 6.45) is 4.16. The number of nitrogen functional groups attached to an aromatic ring is 1. The summed E-state index contributed by atoms with van der Waals surface area (Å²) in [7, 11) is 0. The van der Waals surface area contributed by atoms with E-state index in [1.807, 2.05) is 22.7 Å². The van der Waals surface area contributed by atoms with Gasteiger partial charge >= 0.3 is 0 Å². The van der Waals surface area contributed by atoms with Crippen molar-refractivity contribution in [1.29, 1.82) is 0 Å². The van der Waals surface area contributed by atoms with E-state index in [2.05, 4.69) is 22.0 Å². The van der Waals surface area contributed by atoms with Gasteiger partial charge in [0.15, 0.2) is 5.65 Å². The highest BCUT2D eigenvalue weighted by atomic mass is 15.2. The van der Waals surface area contributed by atoms with E-state index in [0.29, 0.717) is 5.92 Å². The van der Waals surface area contributed by atoms with Gasteiger partial charge in [0.25, 0.3) is 0 Å². The molecule has 1 saturated heterocycles. The van der Waals surface area contributed by atoms with E-state index in [0.717, 1.165) is 30.1 Å². The molecule has 3 heterocycles. The van der Waals surface area contributed by atoms with Crippen LogP contribution in [0.4, 0.5) is 5.69 Å². The maximum absolute atomic E-state index is 5.82. The van der Waals surface area contributed by atoms with E-state index in [1.165, 1.54) is 19.5 Å². The number of fused-ring (bicyclic) bond motifs is 1. The molecule has 1 aliphatic rings. The Hall–Kier alpha value is -1.62. The van der Waals surface area contributed by atoms with Crippen molar-refractivity contribution in [1.82, 2.24) is 19.5 Å². The monoisotopic (exact) mass is 245 g/mol. The molecule has 3 rings (SSSR count). The first kappa shape index (κ1) is 11.5. The number of nitrogens with zero attached hydrogens (tertiary/aromatic N) is 4. The molecule has 0 bridgehead atoms. The van der Waals surface area contributed by atoms with E-state index in [9.17, 15) is 0 Å². The van der Waals surface area contributed by atoms with Crippen molar-refractivity contribution in [3.63, 3.8) is 0 Å². The predicted molar refractivity (Wildman–Crippen MR) is 71.3 cm³/mol. The molecule has 96 valence electrons. The number of rotatable bonds is 3. The molecule has 1 atom stereocenters. The molecule has 18 heavy (non-hydrogen) atoms. The topological polar surface area (TPSA) is 59.5 Å². The standard InChI is InChI=1S/C13H19N5/c1-2-17-6-5-10(8-17)7-13-16-15-12-4-3-11(14)9-18(12)13/h3-4,9-10H,2,5-8,14H2,1H3. The van der Waals surface area contributed by atoms with Crippen LogP contribution in [0.1, 0.15) is 19.2 Å². The van der Waals surface area contributed by atoms with Crippen LogP contribution in [0.15, 0.2) is 18.3 Å². The zero-order valence-electron chi connectivity index (χ0n) is 10.7. The Morgan fingerprint density at radius 2 is 2.28 bits per heavy atom. The quantitative estimate of drug-likeness (QED) is 0.882. The molecule has 5 heteroatoms.